The number of carbonyl (C=O) groups is 1. The molecule has 1 aromatic rings. The van der Waals surface area contributed by atoms with Gasteiger partial charge in [-0.1, -0.05) is 17.7 Å². The zero-order valence-corrected chi connectivity index (χ0v) is 10.6. The molecule has 106 valence electrons. The highest BCUT2D eigenvalue weighted by atomic mass is 35.5. The van der Waals surface area contributed by atoms with E-state index in [0.29, 0.717) is 5.02 Å². The van der Waals surface area contributed by atoms with Gasteiger partial charge in [0.15, 0.2) is 6.61 Å². The van der Waals surface area contributed by atoms with Crippen molar-refractivity contribution in [1.29, 1.82) is 0 Å². The van der Waals surface area contributed by atoms with Crippen molar-refractivity contribution in [3.05, 3.63) is 29.3 Å². The van der Waals surface area contributed by atoms with E-state index in [1.807, 2.05) is 0 Å². The van der Waals surface area contributed by atoms with E-state index in [1.165, 1.54) is 24.3 Å². The molecule has 0 aliphatic heterocycles. The van der Waals surface area contributed by atoms with Crippen LogP contribution in [0.2, 0.25) is 5.02 Å². The van der Waals surface area contributed by atoms with Crippen LogP contribution in [0.25, 0.3) is 0 Å². The SMILES string of the molecule is O=C(COc1cccc(Cl)c1)NS(=O)(=O)C(F)(F)F. The average Bonchev–Trinajstić information content (AvgIpc) is 2.24. The van der Waals surface area contributed by atoms with Crippen LogP contribution in [0.3, 0.4) is 0 Å². The van der Waals surface area contributed by atoms with E-state index in [-0.39, 0.29) is 5.75 Å². The van der Waals surface area contributed by atoms with Crippen LogP contribution in [-0.2, 0) is 14.8 Å². The summed E-state index contributed by atoms with van der Waals surface area (Å²) >= 11 is 5.60. The van der Waals surface area contributed by atoms with E-state index in [2.05, 4.69) is 0 Å². The first-order valence-electron chi connectivity index (χ1n) is 4.62. The molecule has 1 N–H and O–H groups in total. The third kappa shape index (κ3) is 4.60. The van der Waals surface area contributed by atoms with Crippen LogP contribution in [-0.4, -0.2) is 26.4 Å². The Balaban J connectivity index is 2.58. The Morgan fingerprint density at radius 3 is 2.53 bits per heavy atom. The molecule has 1 amide bonds. The molecule has 1 rings (SSSR count). The largest absolute Gasteiger partial charge is 0.516 e. The molecule has 0 heterocycles. The van der Waals surface area contributed by atoms with Gasteiger partial charge in [0.25, 0.3) is 5.91 Å². The molecule has 0 saturated heterocycles. The summed E-state index contributed by atoms with van der Waals surface area (Å²) in [5.74, 6) is -1.33. The quantitative estimate of drug-likeness (QED) is 0.917. The summed E-state index contributed by atoms with van der Waals surface area (Å²) in [6, 6.07) is 5.72. The highest BCUT2D eigenvalue weighted by Crippen LogP contribution is 2.21. The van der Waals surface area contributed by atoms with Crippen LogP contribution in [0.5, 0.6) is 5.75 Å². The third-order valence-corrected chi connectivity index (χ3v) is 3.06. The van der Waals surface area contributed by atoms with Crippen LogP contribution in [0.4, 0.5) is 13.2 Å². The maximum absolute atomic E-state index is 11.9. The lowest BCUT2D eigenvalue weighted by Gasteiger charge is -2.10. The zero-order chi connectivity index (χ0) is 14.7. The summed E-state index contributed by atoms with van der Waals surface area (Å²) in [6.45, 7) is -0.893. The van der Waals surface area contributed by atoms with Gasteiger partial charge in [0.1, 0.15) is 5.75 Å². The topological polar surface area (TPSA) is 72.5 Å². The van der Waals surface area contributed by atoms with Gasteiger partial charge in [-0.3, -0.25) is 4.79 Å². The molecule has 0 aliphatic rings. The van der Waals surface area contributed by atoms with Gasteiger partial charge in [-0.15, -0.1) is 0 Å². The molecule has 1 aromatic carbocycles. The molecule has 0 unspecified atom stereocenters. The zero-order valence-electron chi connectivity index (χ0n) is 9.07. The number of ether oxygens (including phenoxy) is 1. The molecule has 19 heavy (non-hydrogen) atoms. The summed E-state index contributed by atoms with van der Waals surface area (Å²) in [5, 5.41) is 0.292. The van der Waals surface area contributed by atoms with Gasteiger partial charge in [-0.05, 0) is 18.2 Å². The van der Waals surface area contributed by atoms with Crippen LogP contribution < -0.4 is 9.46 Å². The van der Waals surface area contributed by atoms with E-state index in [0.717, 1.165) is 4.72 Å². The number of alkyl halides is 3. The van der Waals surface area contributed by atoms with Gasteiger partial charge < -0.3 is 4.74 Å². The summed E-state index contributed by atoms with van der Waals surface area (Å²) < 4.78 is 62.6. The number of rotatable bonds is 4. The number of nitrogens with one attached hydrogen (secondary N) is 1. The smallest absolute Gasteiger partial charge is 0.484 e. The lowest BCUT2D eigenvalue weighted by molar-refractivity contribution is -0.121. The van der Waals surface area contributed by atoms with Crippen LogP contribution >= 0.6 is 11.6 Å². The van der Waals surface area contributed by atoms with Crippen molar-refractivity contribution in [2.45, 2.75) is 5.51 Å². The first-order chi connectivity index (χ1) is 8.62. The van der Waals surface area contributed by atoms with E-state index in [9.17, 15) is 26.4 Å². The number of hydrogen-bond donors (Lipinski definition) is 1. The van der Waals surface area contributed by atoms with Crippen LogP contribution in [0.15, 0.2) is 24.3 Å². The summed E-state index contributed by atoms with van der Waals surface area (Å²) in [7, 11) is -5.72. The Hall–Kier alpha value is -1.48. The number of carbonyl (C=O) groups excluding carboxylic acids is 1. The molecular weight excluding hydrogens is 311 g/mol. The van der Waals surface area contributed by atoms with Gasteiger partial charge in [0, 0.05) is 5.02 Å². The van der Waals surface area contributed by atoms with Crippen molar-refractivity contribution in [3.63, 3.8) is 0 Å². The van der Waals surface area contributed by atoms with Crippen LogP contribution in [0.1, 0.15) is 0 Å². The Kier molecular flexibility index (Phi) is 4.64. The number of halogens is 4. The first-order valence-corrected chi connectivity index (χ1v) is 6.48. The van der Waals surface area contributed by atoms with Crippen molar-refractivity contribution in [1.82, 2.24) is 4.72 Å². The van der Waals surface area contributed by atoms with E-state index in [4.69, 9.17) is 16.3 Å². The molecular formula is C9H7ClF3NO4S. The number of benzene rings is 1. The second-order valence-corrected chi connectivity index (χ2v) is 5.33. The summed E-state index contributed by atoms with van der Waals surface area (Å²) in [4.78, 5) is 11.0. The van der Waals surface area contributed by atoms with Gasteiger partial charge in [-0.25, -0.2) is 4.72 Å². The minimum atomic E-state index is -5.72. The first kappa shape index (κ1) is 15.6. The lowest BCUT2D eigenvalue weighted by Crippen LogP contribution is -2.42. The summed E-state index contributed by atoms with van der Waals surface area (Å²) in [6.07, 6.45) is 0. The van der Waals surface area contributed by atoms with E-state index in [1.54, 1.807) is 0 Å². The monoisotopic (exact) mass is 317 g/mol. The van der Waals surface area contributed by atoms with Crippen molar-refractivity contribution in [2.24, 2.45) is 0 Å². The standard InChI is InChI=1S/C9H7ClF3NO4S/c10-6-2-1-3-7(4-6)18-5-8(15)14-19(16,17)9(11,12)13/h1-4H,5H2,(H,14,15). The normalized spacial score (nSPS) is 12.0. The summed E-state index contributed by atoms with van der Waals surface area (Å²) in [5.41, 5.74) is -5.56. The Morgan fingerprint density at radius 2 is 2.00 bits per heavy atom. The molecule has 0 atom stereocenters. The Bertz CT molecular complexity index is 573. The minimum absolute atomic E-state index is 0.118. The van der Waals surface area contributed by atoms with Gasteiger partial charge in [0.05, 0.1) is 0 Å². The van der Waals surface area contributed by atoms with Crippen molar-refractivity contribution in [3.8, 4) is 5.75 Å². The minimum Gasteiger partial charge on any atom is -0.484 e. The fourth-order valence-corrected chi connectivity index (χ4v) is 1.60. The second kappa shape index (κ2) is 5.66. The fourth-order valence-electron chi connectivity index (χ4n) is 0.943. The maximum atomic E-state index is 11.9. The molecule has 0 aliphatic carbocycles. The molecule has 0 fully saturated rings. The molecule has 0 saturated carbocycles. The van der Waals surface area contributed by atoms with E-state index >= 15 is 0 Å². The third-order valence-electron chi connectivity index (χ3n) is 1.72. The number of amides is 1. The van der Waals surface area contributed by atoms with Gasteiger partial charge in [0.2, 0.25) is 0 Å². The second-order valence-electron chi connectivity index (χ2n) is 3.22. The highest BCUT2D eigenvalue weighted by Gasteiger charge is 2.47. The fraction of sp³-hybridized carbons (Fsp3) is 0.222. The van der Waals surface area contributed by atoms with Gasteiger partial charge in [-0.2, -0.15) is 21.6 Å². The molecule has 0 bridgehead atoms. The molecule has 0 radical (unpaired) electrons. The lowest BCUT2D eigenvalue weighted by atomic mass is 10.3. The molecule has 0 spiro atoms. The number of sulfonamides is 1. The Labute approximate surface area is 111 Å². The van der Waals surface area contributed by atoms with E-state index < -0.39 is 28.0 Å². The Morgan fingerprint density at radius 1 is 1.37 bits per heavy atom. The number of hydrogen-bond acceptors (Lipinski definition) is 4. The maximum Gasteiger partial charge on any atom is 0.516 e. The van der Waals surface area contributed by atoms with Crippen molar-refractivity contribution in [2.75, 3.05) is 6.61 Å². The molecule has 0 aromatic heterocycles. The van der Waals surface area contributed by atoms with Crippen molar-refractivity contribution >= 4 is 27.5 Å². The predicted molar refractivity (Wildman–Crippen MR) is 60.1 cm³/mol. The highest BCUT2D eigenvalue weighted by molar-refractivity contribution is 7.90. The van der Waals surface area contributed by atoms with Crippen LogP contribution in [0, 0.1) is 0 Å². The predicted octanol–water partition coefficient (Wildman–Crippen LogP) is 1.68. The molecule has 10 heteroatoms. The molecule has 5 nitrogen and oxygen atoms in total. The van der Waals surface area contributed by atoms with Crippen molar-refractivity contribution < 1.29 is 31.1 Å². The average molecular weight is 318 g/mol. The van der Waals surface area contributed by atoms with Gasteiger partial charge >= 0.3 is 15.5 Å².